The van der Waals surface area contributed by atoms with Crippen LogP contribution in [0.5, 0.6) is 11.5 Å². The maximum absolute atomic E-state index is 5.78. The number of benzene rings is 1. The van der Waals surface area contributed by atoms with Crippen molar-refractivity contribution in [1.29, 1.82) is 0 Å². The van der Waals surface area contributed by atoms with Crippen molar-refractivity contribution in [2.75, 3.05) is 45.9 Å². The average Bonchev–Trinajstić information content (AvgIpc) is 2.37. The zero-order valence-electron chi connectivity index (χ0n) is 11.7. The second kappa shape index (κ2) is 9.47. The highest BCUT2D eigenvalue weighted by molar-refractivity contribution is 5.50. The van der Waals surface area contributed by atoms with Gasteiger partial charge >= 0.3 is 0 Å². The monoisotopic (exact) mass is 269 g/mol. The van der Waals surface area contributed by atoms with E-state index in [9.17, 15) is 0 Å². The molecule has 0 aromatic heterocycles. The van der Waals surface area contributed by atoms with Crippen molar-refractivity contribution in [2.24, 2.45) is 0 Å². The number of rotatable bonds is 10. The van der Waals surface area contributed by atoms with Gasteiger partial charge in [-0.05, 0) is 6.92 Å². The van der Waals surface area contributed by atoms with Gasteiger partial charge in [0.15, 0.2) is 0 Å². The molecular weight excluding hydrogens is 246 g/mol. The van der Waals surface area contributed by atoms with Crippen LogP contribution in [0.25, 0.3) is 0 Å². The molecule has 2 N–H and O–H groups in total. The number of nitrogens with two attached hydrogens (primary N) is 1. The number of hydrogen-bond donors (Lipinski definition) is 1. The first-order valence-corrected chi connectivity index (χ1v) is 6.49. The number of methoxy groups -OCH3 is 1. The van der Waals surface area contributed by atoms with Gasteiger partial charge in [-0.2, -0.15) is 0 Å². The topological polar surface area (TPSA) is 62.9 Å². The fraction of sp³-hybridized carbons (Fsp3) is 0.571. The van der Waals surface area contributed by atoms with Crippen molar-refractivity contribution < 1.29 is 18.9 Å². The van der Waals surface area contributed by atoms with Crippen LogP contribution in [0, 0.1) is 0 Å². The minimum atomic E-state index is 0.585. The molecule has 5 heteroatoms. The first-order chi connectivity index (χ1) is 9.26. The number of anilines is 1. The molecule has 0 aliphatic heterocycles. The zero-order valence-corrected chi connectivity index (χ0v) is 11.7. The summed E-state index contributed by atoms with van der Waals surface area (Å²) >= 11 is 0. The van der Waals surface area contributed by atoms with Gasteiger partial charge in [0.1, 0.15) is 11.5 Å². The summed E-state index contributed by atoms with van der Waals surface area (Å²) in [6, 6.07) is 5.41. The molecule has 1 rings (SSSR count). The molecule has 0 saturated carbocycles. The van der Waals surface area contributed by atoms with E-state index in [0.29, 0.717) is 38.7 Å². The van der Waals surface area contributed by atoms with Gasteiger partial charge in [-0.1, -0.05) is 0 Å². The molecule has 0 radical (unpaired) electrons. The van der Waals surface area contributed by atoms with E-state index in [1.807, 2.05) is 13.0 Å². The third-order valence-corrected chi connectivity index (χ3v) is 2.35. The van der Waals surface area contributed by atoms with E-state index >= 15 is 0 Å². The van der Waals surface area contributed by atoms with Gasteiger partial charge in [-0.3, -0.25) is 0 Å². The molecule has 0 aliphatic carbocycles. The third kappa shape index (κ3) is 6.88. The van der Waals surface area contributed by atoms with Crippen LogP contribution >= 0.6 is 0 Å². The van der Waals surface area contributed by atoms with Crippen LogP contribution in [0.4, 0.5) is 5.69 Å². The highest BCUT2D eigenvalue weighted by Gasteiger charge is 2.01. The molecule has 0 amide bonds. The molecule has 0 heterocycles. The predicted octanol–water partition coefficient (Wildman–Crippen LogP) is 2.10. The molecule has 108 valence electrons. The Morgan fingerprint density at radius 1 is 0.947 bits per heavy atom. The Bertz CT molecular complexity index is 357. The largest absolute Gasteiger partial charge is 0.494 e. The summed E-state index contributed by atoms with van der Waals surface area (Å²) in [5.74, 6) is 1.45. The first-order valence-electron chi connectivity index (χ1n) is 6.49. The first kappa shape index (κ1) is 15.6. The van der Waals surface area contributed by atoms with Crippen molar-refractivity contribution >= 4 is 5.69 Å². The molecule has 19 heavy (non-hydrogen) atoms. The summed E-state index contributed by atoms with van der Waals surface area (Å²) in [5, 5.41) is 0. The summed E-state index contributed by atoms with van der Waals surface area (Å²) in [6.45, 7) is 5.01. The summed E-state index contributed by atoms with van der Waals surface area (Å²) in [5.41, 5.74) is 6.41. The van der Waals surface area contributed by atoms with E-state index in [-0.39, 0.29) is 0 Å². The van der Waals surface area contributed by atoms with Crippen molar-refractivity contribution in [2.45, 2.75) is 13.3 Å². The summed E-state index contributed by atoms with van der Waals surface area (Å²) in [4.78, 5) is 0. The summed E-state index contributed by atoms with van der Waals surface area (Å²) < 4.78 is 21.2. The molecule has 0 fully saturated rings. The smallest absolute Gasteiger partial charge is 0.125 e. The van der Waals surface area contributed by atoms with E-state index in [2.05, 4.69) is 0 Å². The lowest BCUT2D eigenvalue weighted by atomic mass is 10.3. The Balaban J connectivity index is 2.25. The Hall–Kier alpha value is -1.46. The van der Waals surface area contributed by atoms with Crippen molar-refractivity contribution in [3.05, 3.63) is 18.2 Å². The van der Waals surface area contributed by atoms with E-state index < -0.39 is 0 Å². The van der Waals surface area contributed by atoms with Gasteiger partial charge in [0, 0.05) is 44.0 Å². The predicted molar refractivity (Wildman–Crippen MR) is 74.8 cm³/mol. The van der Waals surface area contributed by atoms with Gasteiger partial charge in [0.2, 0.25) is 0 Å². The standard InChI is InChI=1S/C14H23NO4/c1-3-18-13-9-12(15)10-14(11-13)19-6-4-5-17-8-7-16-2/h9-11H,3-8,15H2,1-2H3. The Kier molecular flexibility index (Phi) is 7.77. The highest BCUT2D eigenvalue weighted by atomic mass is 16.5. The summed E-state index contributed by atoms with van der Waals surface area (Å²) in [7, 11) is 1.65. The van der Waals surface area contributed by atoms with Crippen molar-refractivity contribution in [3.63, 3.8) is 0 Å². The molecule has 0 unspecified atom stereocenters. The maximum atomic E-state index is 5.78. The van der Waals surface area contributed by atoms with E-state index in [4.69, 9.17) is 24.7 Å². The van der Waals surface area contributed by atoms with E-state index in [1.165, 1.54) is 0 Å². The Morgan fingerprint density at radius 2 is 1.68 bits per heavy atom. The fourth-order valence-corrected chi connectivity index (χ4v) is 1.52. The second-order valence-electron chi connectivity index (χ2n) is 3.98. The van der Waals surface area contributed by atoms with Crippen molar-refractivity contribution in [3.8, 4) is 11.5 Å². The van der Waals surface area contributed by atoms with E-state index in [0.717, 1.165) is 17.9 Å². The van der Waals surface area contributed by atoms with Crippen LogP contribution in [0.3, 0.4) is 0 Å². The Morgan fingerprint density at radius 3 is 2.37 bits per heavy atom. The van der Waals surface area contributed by atoms with Gasteiger partial charge in [-0.25, -0.2) is 0 Å². The molecule has 0 aliphatic rings. The second-order valence-corrected chi connectivity index (χ2v) is 3.98. The lowest BCUT2D eigenvalue weighted by Crippen LogP contribution is -2.07. The van der Waals surface area contributed by atoms with Gasteiger partial charge < -0.3 is 24.7 Å². The molecule has 0 bridgehead atoms. The number of hydrogen-bond acceptors (Lipinski definition) is 5. The minimum Gasteiger partial charge on any atom is -0.494 e. The molecule has 0 saturated heterocycles. The molecule has 0 spiro atoms. The van der Waals surface area contributed by atoms with Crippen LogP contribution in [0.1, 0.15) is 13.3 Å². The minimum absolute atomic E-state index is 0.585. The van der Waals surface area contributed by atoms with Gasteiger partial charge in [0.05, 0.1) is 26.4 Å². The van der Waals surface area contributed by atoms with Crippen LogP contribution in [0.2, 0.25) is 0 Å². The van der Waals surface area contributed by atoms with Crippen LogP contribution in [-0.4, -0.2) is 40.1 Å². The van der Waals surface area contributed by atoms with Gasteiger partial charge in [-0.15, -0.1) is 0 Å². The number of nitrogen functional groups attached to an aromatic ring is 1. The number of ether oxygens (including phenoxy) is 4. The zero-order chi connectivity index (χ0) is 13.9. The normalized spacial score (nSPS) is 10.4. The van der Waals surface area contributed by atoms with E-state index in [1.54, 1.807) is 19.2 Å². The average molecular weight is 269 g/mol. The highest BCUT2D eigenvalue weighted by Crippen LogP contribution is 2.24. The van der Waals surface area contributed by atoms with Gasteiger partial charge in [0.25, 0.3) is 0 Å². The fourth-order valence-electron chi connectivity index (χ4n) is 1.52. The Labute approximate surface area is 114 Å². The lowest BCUT2D eigenvalue weighted by molar-refractivity contribution is 0.0644. The van der Waals surface area contributed by atoms with Crippen LogP contribution in [-0.2, 0) is 9.47 Å². The van der Waals surface area contributed by atoms with Crippen molar-refractivity contribution in [1.82, 2.24) is 0 Å². The maximum Gasteiger partial charge on any atom is 0.125 e. The molecule has 0 atom stereocenters. The SMILES string of the molecule is CCOc1cc(N)cc(OCCCOCCOC)c1. The molecule has 1 aromatic carbocycles. The summed E-state index contributed by atoms with van der Waals surface area (Å²) in [6.07, 6.45) is 0.822. The van der Waals surface area contributed by atoms with Crippen LogP contribution < -0.4 is 15.2 Å². The molecular formula is C14H23NO4. The van der Waals surface area contributed by atoms with Crippen LogP contribution in [0.15, 0.2) is 18.2 Å². The lowest BCUT2D eigenvalue weighted by Gasteiger charge is -2.10. The quantitative estimate of drug-likeness (QED) is 0.520. The molecule has 1 aromatic rings. The molecule has 5 nitrogen and oxygen atoms in total. The third-order valence-electron chi connectivity index (χ3n) is 2.35.